The highest BCUT2D eigenvalue weighted by atomic mass is 16.5. The molecule has 4 N–H and O–H groups in total. The minimum atomic E-state index is -0.506. The van der Waals surface area contributed by atoms with Gasteiger partial charge in [0, 0.05) is 31.4 Å². The van der Waals surface area contributed by atoms with Crippen molar-refractivity contribution in [1.29, 1.82) is 0 Å². The van der Waals surface area contributed by atoms with Gasteiger partial charge >= 0.3 is 0 Å². The fourth-order valence-corrected chi connectivity index (χ4v) is 2.02. The molecule has 0 bridgehead atoms. The van der Waals surface area contributed by atoms with Crippen molar-refractivity contribution in [3.05, 3.63) is 29.3 Å². The quantitative estimate of drug-likeness (QED) is 0.251. The summed E-state index contributed by atoms with van der Waals surface area (Å²) in [6.45, 7) is 2.70. The number of nitrogens with zero attached hydrogens (tertiary/aromatic N) is 1. The number of carbonyl (C=O) groups excluding carboxylic acids is 3. The SMILES string of the molecule is CN(NC=O)C(=O)c1c(C=O)cccc1NCCOCCOCCN. The molecule has 1 rings (SSSR count). The van der Waals surface area contributed by atoms with Crippen LogP contribution in [-0.2, 0) is 14.3 Å². The second-order valence-electron chi connectivity index (χ2n) is 4.94. The molecule has 0 heterocycles. The summed E-state index contributed by atoms with van der Waals surface area (Å²) in [5, 5.41) is 4.07. The lowest BCUT2D eigenvalue weighted by Crippen LogP contribution is -2.39. The van der Waals surface area contributed by atoms with Gasteiger partial charge in [-0.3, -0.25) is 24.8 Å². The molecule has 0 aliphatic carbocycles. The fourth-order valence-electron chi connectivity index (χ4n) is 2.02. The summed E-state index contributed by atoms with van der Waals surface area (Å²) in [6.07, 6.45) is 0.980. The molecule has 9 nitrogen and oxygen atoms in total. The maximum Gasteiger partial charge on any atom is 0.274 e. The highest BCUT2D eigenvalue weighted by Crippen LogP contribution is 2.20. The number of amides is 2. The van der Waals surface area contributed by atoms with Gasteiger partial charge in [0.1, 0.15) is 0 Å². The maximum atomic E-state index is 12.4. The van der Waals surface area contributed by atoms with Crippen molar-refractivity contribution in [3.63, 3.8) is 0 Å². The Hall–Kier alpha value is -2.49. The van der Waals surface area contributed by atoms with Crippen LogP contribution in [0.2, 0.25) is 0 Å². The van der Waals surface area contributed by atoms with Gasteiger partial charge in [-0.2, -0.15) is 0 Å². The Morgan fingerprint density at radius 2 is 1.92 bits per heavy atom. The van der Waals surface area contributed by atoms with Crippen molar-refractivity contribution in [3.8, 4) is 0 Å². The first kappa shape index (κ1) is 20.6. The van der Waals surface area contributed by atoms with E-state index in [9.17, 15) is 14.4 Å². The summed E-state index contributed by atoms with van der Waals surface area (Å²) < 4.78 is 10.6. The summed E-state index contributed by atoms with van der Waals surface area (Å²) in [6, 6.07) is 4.88. The van der Waals surface area contributed by atoms with E-state index in [0.29, 0.717) is 57.9 Å². The van der Waals surface area contributed by atoms with Crippen LogP contribution in [0.5, 0.6) is 0 Å². The molecule has 9 heteroatoms. The van der Waals surface area contributed by atoms with Crippen molar-refractivity contribution in [2.45, 2.75) is 0 Å². The zero-order chi connectivity index (χ0) is 18.5. The van der Waals surface area contributed by atoms with E-state index in [1.165, 1.54) is 13.1 Å². The number of carbonyl (C=O) groups is 3. The summed E-state index contributed by atoms with van der Waals surface area (Å²) >= 11 is 0. The molecule has 0 spiro atoms. The second-order valence-corrected chi connectivity index (χ2v) is 4.94. The van der Waals surface area contributed by atoms with Crippen LogP contribution in [0.1, 0.15) is 20.7 Å². The molecule has 1 aromatic rings. The lowest BCUT2D eigenvalue weighted by atomic mass is 10.1. The van der Waals surface area contributed by atoms with Crippen molar-refractivity contribution in [1.82, 2.24) is 10.4 Å². The molecule has 0 aromatic heterocycles. The van der Waals surface area contributed by atoms with Crippen LogP contribution in [0.3, 0.4) is 0 Å². The number of hydrazine groups is 1. The van der Waals surface area contributed by atoms with Crippen molar-refractivity contribution in [2.75, 3.05) is 51.9 Å². The molecule has 138 valence electrons. The molecule has 0 aliphatic rings. The molecule has 0 aliphatic heterocycles. The number of aldehydes is 1. The van der Waals surface area contributed by atoms with Crippen LogP contribution in [0.4, 0.5) is 5.69 Å². The smallest absolute Gasteiger partial charge is 0.274 e. The largest absolute Gasteiger partial charge is 0.382 e. The Balaban J connectivity index is 2.62. The van der Waals surface area contributed by atoms with Gasteiger partial charge < -0.3 is 20.5 Å². The summed E-state index contributed by atoms with van der Waals surface area (Å²) in [4.78, 5) is 34.2. The monoisotopic (exact) mass is 352 g/mol. The normalized spacial score (nSPS) is 10.2. The molecule has 0 atom stereocenters. The van der Waals surface area contributed by atoms with E-state index in [1.54, 1.807) is 12.1 Å². The first-order valence-electron chi connectivity index (χ1n) is 7.81. The van der Waals surface area contributed by atoms with Crippen LogP contribution in [0, 0.1) is 0 Å². The highest BCUT2D eigenvalue weighted by Gasteiger charge is 2.19. The van der Waals surface area contributed by atoms with Crippen LogP contribution in [-0.4, -0.2) is 70.2 Å². The van der Waals surface area contributed by atoms with Crippen molar-refractivity contribution < 1.29 is 23.9 Å². The number of anilines is 1. The van der Waals surface area contributed by atoms with Crippen LogP contribution < -0.4 is 16.5 Å². The summed E-state index contributed by atoms with van der Waals surface area (Å²) in [5.74, 6) is -0.506. The molecule has 0 unspecified atom stereocenters. The molecule has 0 fully saturated rings. The third-order valence-electron chi connectivity index (χ3n) is 3.18. The van der Waals surface area contributed by atoms with E-state index >= 15 is 0 Å². The van der Waals surface area contributed by atoms with Gasteiger partial charge in [-0.05, 0) is 6.07 Å². The van der Waals surface area contributed by atoms with Crippen LogP contribution in [0.25, 0.3) is 0 Å². The third kappa shape index (κ3) is 6.87. The van der Waals surface area contributed by atoms with Crippen LogP contribution >= 0.6 is 0 Å². The van der Waals surface area contributed by atoms with Crippen molar-refractivity contribution in [2.24, 2.45) is 5.73 Å². The van der Waals surface area contributed by atoms with Gasteiger partial charge in [0.05, 0.1) is 32.0 Å². The fraction of sp³-hybridized carbons (Fsp3) is 0.438. The zero-order valence-corrected chi connectivity index (χ0v) is 14.2. The van der Waals surface area contributed by atoms with Gasteiger partial charge in [-0.15, -0.1) is 0 Å². The Labute approximate surface area is 146 Å². The Bertz CT molecular complexity index is 567. The summed E-state index contributed by atoms with van der Waals surface area (Å²) in [7, 11) is 1.40. The van der Waals surface area contributed by atoms with E-state index in [4.69, 9.17) is 15.2 Å². The highest BCUT2D eigenvalue weighted by molar-refractivity contribution is 6.06. The predicted octanol–water partition coefficient (Wildman–Crippen LogP) is -0.364. The van der Waals surface area contributed by atoms with Gasteiger partial charge in [0.15, 0.2) is 6.29 Å². The number of nitrogens with one attached hydrogen (secondary N) is 2. The average molecular weight is 352 g/mol. The number of benzene rings is 1. The lowest BCUT2D eigenvalue weighted by Gasteiger charge is -2.19. The minimum absolute atomic E-state index is 0.181. The molecule has 0 saturated heterocycles. The molecular formula is C16H24N4O5. The molecule has 2 amide bonds. The van der Waals surface area contributed by atoms with E-state index in [1.807, 2.05) is 0 Å². The number of rotatable bonds is 13. The van der Waals surface area contributed by atoms with Gasteiger partial charge in [0.25, 0.3) is 5.91 Å². The second kappa shape index (κ2) is 12.0. The van der Waals surface area contributed by atoms with Crippen molar-refractivity contribution >= 4 is 24.3 Å². The number of ether oxygens (including phenoxy) is 2. The Morgan fingerprint density at radius 3 is 2.56 bits per heavy atom. The van der Waals surface area contributed by atoms with Crippen LogP contribution in [0.15, 0.2) is 18.2 Å². The molecule has 0 radical (unpaired) electrons. The Kier molecular flexibility index (Phi) is 9.83. The predicted molar refractivity (Wildman–Crippen MR) is 92.3 cm³/mol. The van der Waals surface area contributed by atoms with Gasteiger partial charge in [-0.1, -0.05) is 12.1 Å². The van der Waals surface area contributed by atoms with Gasteiger partial charge in [-0.25, -0.2) is 0 Å². The lowest BCUT2D eigenvalue weighted by molar-refractivity contribution is -0.112. The van der Waals surface area contributed by atoms with E-state index in [-0.39, 0.29) is 11.1 Å². The number of hydrogen-bond acceptors (Lipinski definition) is 7. The van der Waals surface area contributed by atoms with E-state index in [0.717, 1.165) is 5.01 Å². The molecule has 1 aromatic carbocycles. The zero-order valence-electron chi connectivity index (χ0n) is 14.2. The minimum Gasteiger partial charge on any atom is -0.382 e. The van der Waals surface area contributed by atoms with Gasteiger partial charge in [0.2, 0.25) is 6.41 Å². The number of hydrogen-bond donors (Lipinski definition) is 3. The standard InChI is InChI=1S/C16H24N4O5/c1-20(19-12-22)16(23)15-13(11-21)3-2-4-14(15)18-6-8-25-10-9-24-7-5-17/h2-4,11-12,18H,5-10,17H2,1H3,(H,19,22). The topological polar surface area (TPSA) is 123 Å². The first-order chi connectivity index (χ1) is 12.2. The Morgan fingerprint density at radius 1 is 1.20 bits per heavy atom. The summed E-state index contributed by atoms with van der Waals surface area (Å²) in [5.41, 5.74) is 8.43. The average Bonchev–Trinajstić information content (AvgIpc) is 2.63. The van der Waals surface area contributed by atoms with E-state index < -0.39 is 5.91 Å². The first-order valence-corrected chi connectivity index (χ1v) is 7.81. The molecule has 0 saturated carbocycles. The molecular weight excluding hydrogens is 328 g/mol. The maximum absolute atomic E-state index is 12.4. The van der Waals surface area contributed by atoms with E-state index in [2.05, 4.69) is 10.7 Å². The number of nitrogens with two attached hydrogens (primary N) is 1. The third-order valence-corrected chi connectivity index (χ3v) is 3.18. The molecule has 25 heavy (non-hydrogen) atoms.